The molecule has 1 saturated heterocycles. The summed E-state index contributed by atoms with van der Waals surface area (Å²) >= 11 is 3.50. The molecular formula is C16H24BrN2O2+. The van der Waals surface area contributed by atoms with Crippen LogP contribution in [0.4, 0.5) is 5.69 Å². The molecule has 0 bridgehead atoms. The van der Waals surface area contributed by atoms with Crippen LogP contribution in [0, 0.1) is 6.92 Å². The molecule has 1 amide bonds. The third-order valence-corrected chi connectivity index (χ3v) is 4.61. The molecule has 1 aliphatic rings. The predicted octanol–water partition coefficient (Wildman–Crippen LogP) is 1.78. The fraction of sp³-hybridized carbons (Fsp3) is 0.562. The first-order valence-corrected chi connectivity index (χ1v) is 8.23. The molecule has 2 rings (SSSR count). The summed E-state index contributed by atoms with van der Waals surface area (Å²) in [6.07, 6.45) is 0.398. The number of halogens is 1. The summed E-state index contributed by atoms with van der Waals surface area (Å²) in [6.45, 7) is 9.88. The van der Waals surface area contributed by atoms with Crippen LogP contribution in [0.3, 0.4) is 0 Å². The highest BCUT2D eigenvalue weighted by Gasteiger charge is 2.33. The summed E-state index contributed by atoms with van der Waals surface area (Å²) < 4.78 is 6.66. The molecule has 0 aromatic heterocycles. The van der Waals surface area contributed by atoms with Crippen LogP contribution >= 0.6 is 15.9 Å². The first kappa shape index (κ1) is 16.5. The second kappa shape index (κ2) is 6.90. The van der Waals surface area contributed by atoms with Crippen LogP contribution in [-0.2, 0) is 9.53 Å². The zero-order valence-corrected chi connectivity index (χ0v) is 14.7. The number of morpholine rings is 1. The van der Waals surface area contributed by atoms with Crippen molar-refractivity contribution >= 4 is 27.5 Å². The maximum Gasteiger partial charge on any atom is 0.282 e. The van der Waals surface area contributed by atoms with E-state index in [9.17, 15) is 4.79 Å². The number of hydrogen-bond acceptors (Lipinski definition) is 2. The average molecular weight is 356 g/mol. The first-order valence-electron chi connectivity index (χ1n) is 7.44. The van der Waals surface area contributed by atoms with Crippen LogP contribution in [0.5, 0.6) is 0 Å². The summed E-state index contributed by atoms with van der Waals surface area (Å²) in [4.78, 5) is 13.7. The van der Waals surface area contributed by atoms with Crippen LogP contribution in [0.1, 0.15) is 26.3 Å². The van der Waals surface area contributed by atoms with Crippen molar-refractivity contribution in [3.05, 3.63) is 28.2 Å². The van der Waals surface area contributed by atoms with Gasteiger partial charge in [0.1, 0.15) is 25.3 Å². The number of quaternary nitrogens is 1. The van der Waals surface area contributed by atoms with Gasteiger partial charge in [0.2, 0.25) is 0 Å². The van der Waals surface area contributed by atoms with E-state index in [0.29, 0.717) is 0 Å². The molecule has 21 heavy (non-hydrogen) atoms. The Morgan fingerprint density at radius 3 is 2.57 bits per heavy atom. The Bertz CT molecular complexity index is 511. The Hall–Kier alpha value is -0.910. The topological polar surface area (TPSA) is 42.8 Å². The van der Waals surface area contributed by atoms with Gasteiger partial charge in [-0.25, -0.2) is 0 Å². The van der Waals surface area contributed by atoms with Gasteiger partial charge in [0.25, 0.3) is 5.91 Å². The SMILES string of the molecule is Cc1ccc(NC(=O)[C@@H](C)[NH+]2C[C@@H](C)O[C@H](C)C2)c(Br)c1. The van der Waals surface area contributed by atoms with Gasteiger partial charge in [0, 0.05) is 4.47 Å². The molecule has 4 nitrogen and oxygen atoms in total. The lowest BCUT2D eigenvalue weighted by atomic mass is 10.1. The Morgan fingerprint density at radius 1 is 1.38 bits per heavy atom. The number of aryl methyl sites for hydroxylation is 1. The number of rotatable bonds is 3. The highest BCUT2D eigenvalue weighted by atomic mass is 79.9. The van der Waals surface area contributed by atoms with Crippen molar-refractivity contribution in [3.63, 3.8) is 0 Å². The highest BCUT2D eigenvalue weighted by molar-refractivity contribution is 9.10. The summed E-state index contributed by atoms with van der Waals surface area (Å²) in [5, 5.41) is 3.02. The monoisotopic (exact) mass is 355 g/mol. The summed E-state index contributed by atoms with van der Waals surface area (Å²) in [5.74, 6) is 0.0517. The van der Waals surface area contributed by atoms with Gasteiger partial charge >= 0.3 is 0 Å². The molecule has 1 aromatic carbocycles. The molecule has 0 aliphatic carbocycles. The summed E-state index contributed by atoms with van der Waals surface area (Å²) in [6, 6.07) is 5.85. The van der Waals surface area contributed by atoms with Gasteiger partial charge < -0.3 is 15.0 Å². The number of amides is 1. The largest absolute Gasteiger partial charge is 0.364 e. The lowest BCUT2D eigenvalue weighted by Crippen LogP contribution is -3.19. The van der Waals surface area contributed by atoms with Gasteiger partial charge in [0.05, 0.1) is 5.69 Å². The zero-order valence-electron chi connectivity index (χ0n) is 13.1. The van der Waals surface area contributed by atoms with Crippen molar-refractivity contribution < 1.29 is 14.4 Å². The Kier molecular flexibility index (Phi) is 5.41. The lowest BCUT2D eigenvalue weighted by molar-refractivity contribution is -0.928. The summed E-state index contributed by atoms with van der Waals surface area (Å²) in [5.41, 5.74) is 1.99. The van der Waals surface area contributed by atoms with Crippen molar-refractivity contribution in [2.24, 2.45) is 0 Å². The van der Waals surface area contributed by atoms with Crippen molar-refractivity contribution in [2.75, 3.05) is 18.4 Å². The van der Waals surface area contributed by atoms with E-state index in [1.54, 1.807) is 0 Å². The van der Waals surface area contributed by atoms with Crippen molar-refractivity contribution in [3.8, 4) is 0 Å². The fourth-order valence-electron chi connectivity index (χ4n) is 2.82. The minimum atomic E-state index is -0.0907. The molecule has 1 heterocycles. The van der Waals surface area contributed by atoms with Crippen molar-refractivity contribution in [1.82, 2.24) is 0 Å². The molecule has 0 radical (unpaired) electrons. The number of benzene rings is 1. The highest BCUT2D eigenvalue weighted by Crippen LogP contribution is 2.23. The number of ether oxygens (including phenoxy) is 1. The number of carbonyl (C=O) groups excluding carboxylic acids is 1. The fourth-order valence-corrected chi connectivity index (χ4v) is 3.41. The van der Waals surface area contributed by atoms with Crippen molar-refractivity contribution in [2.45, 2.75) is 45.9 Å². The van der Waals surface area contributed by atoms with E-state index < -0.39 is 0 Å². The zero-order chi connectivity index (χ0) is 15.6. The predicted molar refractivity (Wildman–Crippen MR) is 87.7 cm³/mol. The second-order valence-corrected chi connectivity index (χ2v) is 6.87. The van der Waals surface area contributed by atoms with Crippen molar-refractivity contribution in [1.29, 1.82) is 0 Å². The third-order valence-electron chi connectivity index (χ3n) is 3.95. The molecule has 0 unspecified atom stereocenters. The quantitative estimate of drug-likeness (QED) is 0.867. The van der Waals surface area contributed by atoms with Crippen LogP contribution in [-0.4, -0.2) is 37.2 Å². The molecule has 3 atom stereocenters. The number of carbonyl (C=O) groups is 1. The standard InChI is InChI=1S/C16H23BrN2O2/c1-10-5-6-15(14(17)7-10)18-16(20)13(4)19-8-11(2)21-12(3)9-19/h5-7,11-13H,8-9H2,1-4H3,(H,18,20)/p+1/t11-,12-,13-/m1/s1. The van der Waals surface area contributed by atoms with Gasteiger partial charge in [-0.3, -0.25) is 4.79 Å². The van der Waals surface area contributed by atoms with Crippen LogP contribution in [0.15, 0.2) is 22.7 Å². The molecule has 0 saturated carbocycles. The molecule has 0 spiro atoms. The molecule has 116 valence electrons. The average Bonchev–Trinajstić information content (AvgIpc) is 2.40. The Labute approximate surface area is 135 Å². The van der Waals surface area contributed by atoms with Gasteiger partial charge in [0.15, 0.2) is 6.04 Å². The van der Waals surface area contributed by atoms with E-state index in [0.717, 1.165) is 28.8 Å². The van der Waals surface area contributed by atoms with Crippen LogP contribution < -0.4 is 10.2 Å². The van der Waals surface area contributed by atoms with E-state index in [1.165, 1.54) is 4.90 Å². The number of hydrogen-bond donors (Lipinski definition) is 2. The maximum atomic E-state index is 12.5. The van der Waals surface area contributed by atoms with Gasteiger partial charge in [-0.15, -0.1) is 0 Å². The van der Waals surface area contributed by atoms with Crippen LogP contribution in [0.2, 0.25) is 0 Å². The molecule has 1 fully saturated rings. The van der Waals surface area contributed by atoms with E-state index >= 15 is 0 Å². The van der Waals surface area contributed by atoms with E-state index in [1.807, 2.05) is 32.0 Å². The first-order chi connectivity index (χ1) is 9.86. The minimum Gasteiger partial charge on any atom is -0.364 e. The number of nitrogens with one attached hydrogen (secondary N) is 2. The normalized spacial score (nSPS) is 27.2. The van der Waals surface area contributed by atoms with E-state index in [-0.39, 0.29) is 24.2 Å². The second-order valence-electron chi connectivity index (χ2n) is 6.02. The van der Waals surface area contributed by atoms with Gasteiger partial charge in [-0.05, 0) is 61.3 Å². The van der Waals surface area contributed by atoms with E-state index in [2.05, 4.69) is 35.1 Å². The molecular weight excluding hydrogens is 332 g/mol. The van der Waals surface area contributed by atoms with Gasteiger partial charge in [-0.1, -0.05) is 6.07 Å². The molecule has 5 heteroatoms. The van der Waals surface area contributed by atoms with E-state index in [4.69, 9.17) is 4.74 Å². The summed E-state index contributed by atoms with van der Waals surface area (Å²) in [7, 11) is 0. The molecule has 1 aliphatic heterocycles. The van der Waals surface area contributed by atoms with Crippen LogP contribution in [0.25, 0.3) is 0 Å². The Morgan fingerprint density at radius 2 is 2.00 bits per heavy atom. The van der Waals surface area contributed by atoms with Gasteiger partial charge in [-0.2, -0.15) is 0 Å². The molecule has 2 N–H and O–H groups in total. The maximum absolute atomic E-state index is 12.5. The Balaban J connectivity index is 2.02. The lowest BCUT2D eigenvalue weighted by Gasteiger charge is -2.35. The molecule has 1 aromatic rings. The number of anilines is 1. The minimum absolute atomic E-state index is 0.0517. The smallest absolute Gasteiger partial charge is 0.282 e. The third kappa shape index (κ3) is 4.28.